The van der Waals surface area contributed by atoms with Gasteiger partial charge in [-0.2, -0.15) is 0 Å². The maximum Gasteiger partial charge on any atom is 0.180 e. The number of halogens is 1. The van der Waals surface area contributed by atoms with Crippen molar-refractivity contribution < 1.29 is 0 Å². The molecule has 0 unspecified atom stereocenters. The predicted molar refractivity (Wildman–Crippen MR) is 78.4 cm³/mol. The first-order valence-electron chi connectivity index (χ1n) is 5.89. The zero-order valence-electron chi connectivity index (χ0n) is 9.82. The smallest absolute Gasteiger partial charge is 0.180 e. The lowest BCUT2D eigenvalue weighted by atomic mass is 10.1. The van der Waals surface area contributed by atoms with E-state index in [1.165, 1.54) is 23.3 Å². The van der Waals surface area contributed by atoms with Crippen LogP contribution in [0.15, 0.2) is 34.9 Å². The van der Waals surface area contributed by atoms with Crippen LogP contribution in [0.25, 0.3) is 0 Å². The lowest BCUT2D eigenvalue weighted by Crippen LogP contribution is -2.27. The number of nitrogens with one attached hydrogen (secondary N) is 1. The van der Waals surface area contributed by atoms with Crippen molar-refractivity contribution in [3.63, 3.8) is 0 Å². The van der Waals surface area contributed by atoms with Gasteiger partial charge in [-0.05, 0) is 30.5 Å². The van der Waals surface area contributed by atoms with Crippen LogP contribution in [0.2, 0.25) is 0 Å². The average Bonchev–Trinajstić information content (AvgIpc) is 3.05. The molecule has 0 bridgehead atoms. The van der Waals surface area contributed by atoms with E-state index in [4.69, 9.17) is 5.73 Å². The molecule has 1 heterocycles. The Morgan fingerprint density at radius 1 is 1.33 bits per heavy atom. The van der Waals surface area contributed by atoms with Gasteiger partial charge in [0.1, 0.15) is 0 Å². The standard InChI is InChI=1S/C13H14BrN3S/c14-10-3-1-9(2-4-10)13(5-6-13)17-8-11-7-16-12(15)18-11/h1-4,7,17H,5-6,8H2,(H2,15,16). The molecule has 2 aromatic rings. The van der Waals surface area contributed by atoms with Crippen molar-refractivity contribution in [2.75, 3.05) is 5.73 Å². The predicted octanol–water partition coefficient (Wildman–Crippen LogP) is 3.27. The van der Waals surface area contributed by atoms with Crippen molar-refractivity contribution in [1.82, 2.24) is 10.3 Å². The van der Waals surface area contributed by atoms with E-state index < -0.39 is 0 Å². The van der Waals surface area contributed by atoms with Crippen molar-refractivity contribution in [3.05, 3.63) is 45.4 Å². The highest BCUT2D eigenvalue weighted by Gasteiger charge is 2.43. The van der Waals surface area contributed by atoms with E-state index in [9.17, 15) is 0 Å². The molecule has 5 heteroatoms. The molecule has 0 atom stereocenters. The molecular formula is C13H14BrN3S. The average molecular weight is 324 g/mol. The van der Waals surface area contributed by atoms with Gasteiger partial charge in [-0.1, -0.05) is 28.1 Å². The summed E-state index contributed by atoms with van der Waals surface area (Å²) in [5.41, 5.74) is 7.17. The molecule has 0 aliphatic heterocycles. The summed E-state index contributed by atoms with van der Waals surface area (Å²) in [5, 5.41) is 4.27. The van der Waals surface area contributed by atoms with Gasteiger partial charge in [0.05, 0.1) is 0 Å². The Labute approximate surface area is 119 Å². The summed E-state index contributed by atoms with van der Waals surface area (Å²) < 4.78 is 1.12. The maximum absolute atomic E-state index is 5.64. The fourth-order valence-electron chi connectivity index (χ4n) is 2.12. The van der Waals surface area contributed by atoms with Crippen LogP contribution in [0.1, 0.15) is 23.3 Å². The van der Waals surface area contributed by atoms with Gasteiger partial charge in [0.25, 0.3) is 0 Å². The van der Waals surface area contributed by atoms with E-state index in [-0.39, 0.29) is 5.54 Å². The number of hydrogen-bond acceptors (Lipinski definition) is 4. The number of benzene rings is 1. The zero-order valence-corrected chi connectivity index (χ0v) is 12.2. The molecule has 1 aromatic heterocycles. The monoisotopic (exact) mass is 323 g/mol. The molecule has 0 saturated heterocycles. The van der Waals surface area contributed by atoms with Crippen LogP contribution < -0.4 is 11.1 Å². The molecule has 0 spiro atoms. The molecule has 3 N–H and O–H groups in total. The second-order valence-corrected chi connectivity index (χ2v) is 6.67. The number of nitrogens with zero attached hydrogens (tertiary/aromatic N) is 1. The Hall–Kier alpha value is -0.910. The molecule has 3 nitrogen and oxygen atoms in total. The van der Waals surface area contributed by atoms with Crippen LogP contribution in [0.3, 0.4) is 0 Å². The fraction of sp³-hybridized carbons (Fsp3) is 0.308. The summed E-state index contributed by atoms with van der Waals surface area (Å²) in [4.78, 5) is 5.26. The molecule has 3 rings (SSSR count). The van der Waals surface area contributed by atoms with Gasteiger partial charge in [0.15, 0.2) is 5.13 Å². The highest BCUT2D eigenvalue weighted by Crippen LogP contribution is 2.46. The molecular weight excluding hydrogens is 310 g/mol. The minimum absolute atomic E-state index is 0.166. The van der Waals surface area contributed by atoms with Crippen molar-refractivity contribution >= 4 is 32.4 Å². The fourth-order valence-corrected chi connectivity index (χ4v) is 3.01. The van der Waals surface area contributed by atoms with E-state index in [1.54, 1.807) is 11.3 Å². The largest absolute Gasteiger partial charge is 0.375 e. The first-order chi connectivity index (χ1) is 8.68. The molecule has 0 amide bonds. The molecule has 1 aliphatic carbocycles. The third kappa shape index (κ3) is 2.43. The number of rotatable bonds is 4. The van der Waals surface area contributed by atoms with E-state index in [0.717, 1.165) is 11.0 Å². The minimum Gasteiger partial charge on any atom is -0.375 e. The van der Waals surface area contributed by atoms with Crippen molar-refractivity contribution in [3.8, 4) is 0 Å². The number of anilines is 1. The second kappa shape index (κ2) is 4.64. The Morgan fingerprint density at radius 2 is 2.06 bits per heavy atom. The topological polar surface area (TPSA) is 50.9 Å². The summed E-state index contributed by atoms with van der Waals surface area (Å²) in [6.07, 6.45) is 4.25. The molecule has 1 fully saturated rings. The van der Waals surface area contributed by atoms with E-state index in [2.05, 4.69) is 50.5 Å². The second-order valence-electron chi connectivity index (χ2n) is 4.61. The van der Waals surface area contributed by atoms with Crippen molar-refractivity contribution in [2.45, 2.75) is 24.9 Å². The summed E-state index contributed by atoms with van der Waals surface area (Å²) in [7, 11) is 0. The Morgan fingerprint density at radius 3 is 2.61 bits per heavy atom. The van der Waals surface area contributed by atoms with Crippen LogP contribution in [-0.4, -0.2) is 4.98 Å². The molecule has 18 heavy (non-hydrogen) atoms. The van der Waals surface area contributed by atoms with Crippen LogP contribution in [0.5, 0.6) is 0 Å². The minimum atomic E-state index is 0.166. The summed E-state index contributed by atoms with van der Waals surface area (Å²) in [5.74, 6) is 0. The highest BCUT2D eigenvalue weighted by molar-refractivity contribution is 9.10. The van der Waals surface area contributed by atoms with Gasteiger partial charge < -0.3 is 11.1 Å². The first kappa shape index (κ1) is 12.1. The molecule has 94 valence electrons. The van der Waals surface area contributed by atoms with E-state index in [1.807, 2.05) is 6.20 Å². The summed E-state index contributed by atoms with van der Waals surface area (Å²) >= 11 is 5.02. The SMILES string of the molecule is Nc1ncc(CNC2(c3ccc(Br)cc3)CC2)s1. The van der Waals surface area contributed by atoms with Crippen LogP contribution in [-0.2, 0) is 12.1 Å². The third-order valence-electron chi connectivity index (χ3n) is 3.32. The Kier molecular flexibility index (Phi) is 3.13. The maximum atomic E-state index is 5.64. The number of thiazole rings is 1. The quantitative estimate of drug-likeness (QED) is 0.907. The molecule has 1 saturated carbocycles. The zero-order chi connectivity index (χ0) is 12.6. The van der Waals surface area contributed by atoms with Crippen LogP contribution in [0.4, 0.5) is 5.13 Å². The lowest BCUT2D eigenvalue weighted by Gasteiger charge is -2.17. The Balaban J connectivity index is 1.70. The van der Waals surface area contributed by atoms with Gasteiger partial charge in [-0.25, -0.2) is 4.98 Å². The Bertz CT molecular complexity index is 546. The van der Waals surface area contributed by atoms with Gasteiger partial charge in [0, 0.05) is 27.6 Å². The number of nitrogen functional groups attached to an aromatic ring is 1. The van der Waals surface area contributed by atoms with Crippen LogP contribution in [0, 0.1) is 0 Å². The number of aromatic nitrogens is 1. The molecule has 1 aromatic carbocycles. The van der Waals surface area contributed by atoms with Gasteiger partial charge >= 0.3 is 0 Å². The van der Waals surface area contributed by atoms with Crippen LogP contribution >= 0.6 is 27.3 Å². The summed E-state index contributed by atoms with van der Waals surface area (Å²) in [6, 6.07) is 8.57. The number of nitrogens with two attached hydrogens (primary N) is 1. The third-order valence-corrected chi connectivity index (χ3v) is 4.67. The first-order valence-corrected chi connectivity index (χ1v) is 7.50. The number of hydrogen-bond donors (Lipinski definition) is 2. The van der Waals surface area contributed by atoms with Gasteiger partial charge in [0.2, 0.25) is 0 Å². The van der Waals surface area contributed by atoms with Gasteiger partial charge in [-0.3, -0.25) is 0 Å². The van der Waals surface area contributed by atoms with E-state index >= 15 is 0 Å². The highest BCUT2D eigenvalue weighted by atomic mass is 79.9. The van der Waals surface area contributed by atoms with Crippen molar-refractivity contribution in [2.24, 2.45) is 0 Å². The molecule has 0 radical (unpaired) electrons. The van der Waals surface area contributed by atoms with E-state index in [0.29, 0.717) is 5.13 Å². The molecule has 1 aliphatic rings. The van der Waals surface area contributed by atoms with Crippen molar-refractivity contribution in [1.29, 1.82) is 0 Å². The van der Waals surface area contributed by atoms with Gasteiger partial charge in [-0.15, -0.1) is 11.3 Å². The summed E-state index contributed by atoms with van der Waals surface area (Å²) in [6.45, 7) is 0.838. The lowest BCUT2D eigenvalue weighted by molar-refractivity contribution is 0.521. The normalized spacial score (nSPS) is 16.7.